The molecule has 0 bridgehead atoms. The minimum absolute atomic E-state index is 0.0604. The molecule has 0 atom stereocenters. The van der Waals surface area contributed by atoms with Gasteiger partial charge in [0, 0.05) is 30.4 Å². The molecule has 0 aliphatic carbocycles. The Balaban J connectivity index is 1.77. The number of nitrogens with zero attached hydrogens (tertiary/aromatic N) is 3. The van der Waals surface area contributed by atoms with Crippen molar-refractivity contribution in [3.05, 3.63) is 51.5 Å². The molecule has 0 saturated heterocycles. The summed E-state index contributed by atoms with van der Waals surface area (Å²) in [5, 5.41) is 6.27. The molecule has 0 fully saturated rings. The van der Waals surface area contributed by atoms with Gasteiger partial charge in [-0.25, -0.2) is 0 Å². The number of fused-ring (bicyclic) bond motifs is 1. The van der Waals surface area contributed by atoms with Crippen LogP contribution in [0.5, 0.6) is 0 Å². The number of ether oxygens (including phenoxy) is 1. The molecule has 0 N–H and O–H groups in total. The first kappa shape index (κ1) is 20.4. The van der Waals surface area contributed by atoms with Crippen LogP contribution < -0.4 is 0 Å². The lowest BCUT2D eigenvalue weighted by Crippen LogP contribution is -2.27. The Morgan fingerprint density at radius 2 is 2.07 bits per heavy atom. The Bertz CT molecular complexity index is 1010. The molecule has 8 heteroatoms. The molecular formula is C20H22ClN3O3S. The number of benzene rings is 1. The highest BCUT2D eigenvalue weighted by atomic mass is 35.5. The lowest BCUT2D eigenvalue weighted by Gasteiger charge is -2.15. The second kappa shape index (κ2) is 8.75. The van der Waals surface area contributed by atoms with E-state index in [0.29, 0.717) is 35.8 Å². The molecule has 0 unspecified atom stereocenters. The van der Waals surface area contributed by atoms with E-state index in [0.717, 1.165) is 21.5 Å². The van der Waals surface area contributed by atoms with E-state index in [9.17, 15) is 9.59 Å². The van der Waals surface area contributed by atoms with Crippen LogP contribution in [0, 0.1) is 6.92 Å². The summed E-state index contributed by atoms with van der Waals surface area (Å²) in [5.41, 5.74) is 1.86. The average Bonchev–Trinajstić information content (AvgIpc) is 3.24. The Morgan fingerprint density at radius 1 is 1.32 bits per heavy atom. The largest absolute Gasteiger partial charge is 0.469 e. The molecule has 1 aromatic carbocycles. The van der Waals surface area contributed by atoms with Crippen molar-refractivity contribution in [3.8, 4) is 0 Å². The molecule has 1 amide bonds. The topological polar surface area (TPSA) is 64.4 Å². The second-order valence-electron chi connectivity index (χ2n) is 6.57. The number of thiophene rings is 1. The average molecular weight is 420 g/mol. The van der Waals surface area contributed by atoms with Crippen molar-refractivity contribution in [2.45, 2.75) is 26.3 Å². The van der Waals surface area contributed by atoms with Gasteiger partial charge in [0.15, 0.2) is 0 Å². The first-order valence-electron chi connectivity index (χ1n) is 8.93. The van der Waals surface area contributed by atoms with E-state index >= 15 is 0 Å². The van der Waals surface area contributed by atoms with Gasteiger partial charge in [-0.15, -0.1) is 11.3 Å². The van der Waals surface area contributed by atoms with Gasteiger partial charge >= 0.3 is 5.97 Å². The number of halogens is 1. The van der Waals surface area contributed by atoms with Gasteiger partial charge in [-0.2, -0.15) is 5.10 Å². The first-order valence-corrected chi connectivity index (χ1v) is 10.1. The van der Waals surface area contributed by atoms with E-state index in [1.165, 1.54) is 18.4 Å². The van der Waals surface area contributed by atoms with Gasteiger partial charge in [0.05, 0.1) is 24.2 Å². The van der Waals surface area contributed by atoms with Gasteiger partial charge in [0.2, 0.25) is 0 Å². The number of carbonyl (C=O) groups excluding carboxylic acids is 2. The zero-order valence-electron chi connectivity index (χ0n) is 16.1. The summed E-state index contributed by atoms with van der Waals surface area (Å²) in [6, 6.07) is 9.57. The van der Waals surface area contributed by atoms with E-state index in [1.54, 1.807) is 11.9 Å². The minimum atomic E-state index is -0.266. The molecule has 0 radical (unpaired) electrons. The molecule has 28 heavy (non-hydrogen) atoms. The Hall–Kier alpha value is -2.38. The summed E-state index contributed by atoms with van der Waals surface area (Å²) >= 11 is 7.70. The number of aryl methyl sites for hydroxylation is 1. The molecule has 0 spiro atoms. The number of esters is 1. The van der Waals surface area contributed by atoms with Crippen molar-refractivity contribution in [3.63, 3.8) is 0 Å². The van der Waals surface area contributed by atoms with Crippen molar-refractivity contribution < 1.29 is 14.3 Å². The monoisotopic (exact) mass is 419 g/mol. The van der Waals surface area contributed by atoms with Crippen LogP contribution in [0.25, 0.3) is 10.2 Å². The fourth-order valence-corrected chi connectivity index (χ4v) is 4.32. The smallest absolute Gasteiger partial charge is 0.305 e. The van der Waals surface area contributed by atoms with Crippen molar-refractivity contribution in [2.24, 2.45) is 0 Å². The Kier molecular flexibility index (Phi) is 6.36. The summed E-state index contributed by atoms with van der Waals surface area (Å²) in [6.07, 6.45) is 0.867. The fraction of sp³-hybridized carbons (Fsp3) is 0.350. The first-order chi connectivity index (χ1) is 13.4. The van der Waals surface area contributed by atoms with Crippen LogP contribution in [-0.2, 0) is 16.1 Å². The van der Waals surface area contributed by atoms with E-state index < -0.39 is 0 Å². The van der Waals surface area contributed by atoms with Crippen LogP contribution >= 0.6 is 22.9 Å². The van der Waals surface area contributed by atoms with Crippen molar-refractivity contribution in [1.29, 1.82) is 0 Å². The summed E-state index contributed by atoms with van der Waals surface area (Å²) < 4.78 is 6.52. The zero-order chi connectivity index (χ0) is 20.3. The van der Waals surface area contributed by atoms with Gasteiger partial charge in [-0.05, 0) is 31.0 Å². The van der Waals surface area contributed by atoms with Crippen LogP contribution in [0.2, 0.25) is 5.02 Å². The molecule has 148 valence electrons. The molecule has 2 heterocycles. The van der Waals surface area contributed by atoms with Crippen LogP contribution in [0.1, 0.15) is 33.8 Å². The molecule has 0 aliphatic rings. The molecule has 6 nitrogen and oxygen atoms in total. The number of amides is 1. The number of aromatic nitrogens is 2. The van der Waals surface area contributed by atoms with Crippen molar-refractivity contribution in [2.75, 3.05) is 20.7 Å². The van der Waals surface area contributed by atoms with Gasteiger partial charge in [0.25, 0.3) is 5.91 Å². The molecule has 0 saturated carbocycles. The van der Waals surface area contributed by atoms with E-state index in [-0.39, 0.29) is 11.9 Å². The van der Waals surface area contributed by atoms with Crippen LogP contribution in [0.15, 0.2) is 30.3 Å². The Morgan fingerprint density at radius 3 is 2.79 bits per heavy atom. The Labute approximate surface area is 172 Å². The fourth-order valence-electron chi connectivity index (χ4n) is 2.97. The normalized spacial score (nSPS) is 11.0. The zero-order valence-corrected chi connectivity index (χ0v) is 17.6. The lowest BCUT2D eigenvalue weighted by atomic mass is 10.2. The molecule has 3 aromatic rings. The summed E-state index contributed by atoms with van der Waals surface area (Å²) in [4.78, 5) is 27.2. The van der Waals surface area contributed by atoms with Gasteiger partial charge in [-0.3, -0.25) is 14.3 Å². The lowest BCUT2D eigenvalue weighted by molar-refractivity contribution is -0.140. The third-order valence-electron chi connectivity index (χ3n) is 4.54. The highest BCUT2D eigenvalue weighted by Crippen LogP contribution is 2.30. The molecule has 2 aromatic heterocycles. The number of rotatable bonds is 7. The van der Waals surface area contributed by atoms with Crippen LogP contribution in [0.4, 0.5) is 0 Å². The minimum Gasteiger partial charge on any atom is -0.469 e. The van der Waals surface area contributed by atoms with Gasteiger partial charge < -0.3 is 9.64 Å². The molecular weight excluding hydrogens is 398 g/mol. The van der Waals surface area contributed by atoms with Gasteiger partial charge in [0.1, 0.15) is 4.83 Å². The number of hydrogen-bond acceptors (Lipinski definition) is 5. The summed E-state index contributed by atoms with van der Waals surface area (Å²) in [7, 11) is 3.11. The van der Waals surface area contributed by atoms with E-state index in [2.05, 4.69) is 9.84 Å². The third-order valence-corrected chi connectivity index (χ3v) is 6.05. The van der Waals surface area contributed by atoms with Crippen molar-refractivity contribution >= 4 is 45.0 Å². The van der Waals surface area contributed by atoms with Crippen LogP contribution in [-0.4, -0.2) is 47.3 Å². The van der Waals surface area contributed by atoms with E-state index in [4.69, 9.17) is 11.6 Å². The van der Waals surface area contributed by atoms with Gasteiger partial charge in [-0.1, -0.05) is 29.8 Å². The highest BCUT2D eigenvalue weighted by Gasteiger charge is 2.19. The highest BCUT2D eigenvalue weighted by molar-refractivity contribution is 7.20. The predicted molar refractivity (Wildman–Crippen MR) is 111 cm³/mol. The number of carbonyl (C=O) groups is 2. The number of hydrogen-bond donors (Lipinski definition) is 0. The van der Waals surface area contributed by atoms with Crippen LogP contribution in [0.3, 0.4) is 0 Å². The molecule has 0 aliphatic heterocycles. The molecule has 3 rings (SSSR count). The number of methoxy groups -OCH3 is 1. The maximum absolute atomic E-state index is 12.8. The summed E-state index contributed by atoms with van der Waals surface area (Å²) in [6.45, 7) is 2.98. The summed E-state index contributed by atoms with van der Waals surface area (Å²) in [5.74, 6) is -0.326. The van der Waals surface area contributed by atoms with E-state index in [1.807, 2.05) is 41.9 Å². The second-order valence-corrected chi connectivity index (χ2v) is 8.01. The van der Waals surface area contributed by atoms with Crippen molar-refractivity contribution in [1.82, 2.24) is 14.7 Å². The predicted octanol–water partition coefficient (Wildman–Crippen LogP) is 4.13. The standard InChI is InChI=1S/C20H22ClN3O3S/c1-13-15-11-17(19(26)23(2)10-6-9-18(25)27-3)28-20(15)24(22-13)12-14-7-4-5-8-16(14)21/h4-5,7-8,11H,6,9-10,12H2,1-3H3. The quantitative estimate of drug-likeness (QED) is 0.540. The SMILES string of the molecule is COC(=O)CCCN(C)C(=O)c1cc2c(C)nn(Cc3ccccc3Cl)c2s1. The maximum atomic E-state index is 12.8. The maximum Gasteiger partial charge on any atom is 0.305 e. The third kappa shape index (κ3) is 4.36.